The predicted octanol–water partition coefficient (Wildman–Crippen LogP) is 4.01. The topological polar surface area (TPSA) is 94.5 Å². The first-order valence-electron chi connectivity index (χ1n) is 10.4. The zero-order valence-corrected chi connectivity index (χ0v) is 19.0. The van der Waals surface area contributed by atoms with E-state index in [1.165, 1.54) is 34.9 Å². The average Bonchev–Trinajstić information content (AvgIpc) is 2.82. The minimum Gasteiger partial charge on any atom is -0.494 e. The Morgan fingerprint density at radius 3 is 2.41 bits per heavy atom. The summed E-state index contributed by atoms with van der Waals surface area (Å²) in [5.74, 6) is -0.651. The molecule has 0 bridgehead atoms. The highest BCUT2D eigenvalue weighted by Gasteiger charge is 2.24. The standard InChI is InChI=1S/C25H21FN2O5S/c1-2-33-19-9-11-20(12-10-19)34(31,32)23-15-28(16-24(29)27-18-6-4-3-5-7-18)22-13-8-17(26)14-21(22)25(23)30/h3-15H,2,16H2,1H3,(H,27,29). The maximum atomic E-state index is 14.0. The molecule has 0 spiro atoms. The second-order valence-electron chi connectivity index (χ2n) is 7.43. The van der Waals surface area contributed by atoms with E-state index in [1.54, 1.807) is 37.3 Å². The molecule has 1 N–H and O–H groups in total. The van der Waals surface area contributed by atoms with Gasteiger partial charge in [0.25, 0.3) is 0 Å². The summed E-state index contributed by atoms with van der Waals surface area (Å²) >= 11 is 0. The van der Waals surface area contributed by atoms with E-state index in [4.69, 9.17) is 4.74 Å². The smallest absolute Gasteiger partial charge is 0.244 e. The number of ether oxygens (including phenoxy) is 1. The van der Waals surface area contributed by atoms with Crippen molar-refractivity contribution in [1.29, 1.82) is 0 Å². The maximum absolute atomic E-state index is 14.0. The third kappa shape index (κ3) is 4.69. The molecular weight excluding hydrogens is 459 g/mol. The Labute approximate surface area is 195 Å². The summed E-state index contributed by atoms with van der Waals surface area (Å²) in [6.07, 6.45) is 1.12. The van der Waals surface area contributed by atoms with E-state index < -0.39 is 31.9 Å². The van der Waals surface area contributed by atoms with Gasteiger partial charge >= 0.3 is 0 Å². The molecule has 4 aromatic rings. The molecule has 0 saturated heterocycles. The minimum absolute atomic E-state index is 0.121. The molecule has 7 nitrogen and oxygen atoms in total. The van der Waals surface area contributed by atoms with Crippen molar-refractivity contribution >= 4 is 32.3 Å². The molecule has 0 aliphatic rings. The number of fused-ring (bicyclic) bond motifs is 1. The molecule has 1 heterocycles. The Hall–Kier alpha value is -3.98. The van der Waals surface area contributed by atoms with Crippen LogP contribution in [0.25, 0.3) is 10.9 Å². The molecule has 4 rings (SSSR count). The SMILES string of the molecule is CCOc1ccc(S(=O)(=O)c2cn(CC(=O)Nc3ccccc3)c3ccc(F)cc3c2=O)cc1. The number of halogens is 1. The molecule has 0 fully saturated rings. The lowest BCUT2D eigenvalue weighted by Crippen LogP contribution is -2.24. The van der Waals surface area contributed by atoms with Crippen LogP contribution in [0.4, 0.5) is 10.1 Å². The number of carbonyl (C=O) groups excluding carboxylic acids is 1. The molecule has 0 unspecified atom stereocenters. The third-order valence-electron chi connectivity index (χ3n) is 5.12. The van der Waals surface area contributed by atoms with Gasteiger partial charge in [-0.25, -0.2) is 12.8 Å². The number of amides is 1. The molecule has 1 aromatic heterocycles. The molecule has 0 saturated carbocycles. The van der Waals surface area contributed by atoms with E-state index in [2.05, 4.69) is 5.32 Å². The van der Waals surface area contributed by atoms with E-state index in [0.29, 0.717) is 18.0 Å². The van der Waals surface area contributed by atoms with Crippen molar-refractivity contribution < 1.29 is 22.3 Å². The fourth-order valence-corrected chi connectivity index (χ4v) is 4.92. The molecule has 9 heteroatoms. The molecule has 0 atom stereocenters. The van der Waals surface area contributed by atoms with Crippen LogP contribution in [0.15, 0.2) is 93.6 Å². The number of hydrogen-bond acceptors (Lipinski definition) is 5. The van der Waals surface area contributed by atoms with Gasteiger partial charge in [-0.15, -0.1) is 0 Å². The first-order chi connectivity index (χ1) is 16.3. The Morgan fingerprint density at radius 2 is 1.74 bits per heavy atom. The number of aromatic nitrogens is 1. The van der Waals surface area contributed by atoms with Crippen molar-refractivity contribution in [3.63, 3.8) is 0 Å². The van der Waals surface area contributed by atoms with Crippen LogP contribution in [0.5, 0.6) is 5.75 Å². The number of nitrogens with one attached hydrogen (secondary N) is 1. The summed E-state index contributed by atoms with van der Waals surface area (Å²) in [6, 6.07) is 17.8. The molecular formula is C25H21FN2O5S. The van der Waals surface area contributed by atoms with Crippen LogP contribution in [0.2, 0.25) is 0 Å². The van der Waals surface area contributed by atoms with Crippen LogP contribution in [-0.2, 0) is 21.2 Å². The van der Waals surface area contributed by atoms with Gasteiger partial charge in [0.2, 0.25) is 21.2 Å². The van der Waals surface area contributed by atoms with Crippen LogP contribution in [0, 0.1) is 5.82 Å². The van der Waals surface area contributed by atoms with Gasteiger partial charge in [-0.1, -0.05) is 18.2 Å². The van der Waals surface area contributed by atoms with Gasteiger partial charge < -0.3 is 14.6 Å². The van der Waals surface area contributed by atoms with Gasteiger partial charge in [-0.3, -0.25) is 9.59 Å². The van der Waals surface area contributed by atoms with Crippen molar-refractivity contribution in [2.45, 2.75) is 23.3 Å². The number of rotatable bonds is 7. The highest BCUT2D eigenvalue weighted by Crippen LogP contribution is 2.24. The van der Waals surface area contributed by atoms with E-state index in [-0.39, 0.29) is 22.3 Å². The van der Waals surface area contributed by atoms with E-state index in [0.717, 1.165) is 18.3 Å². The summed E-state index contributed by atoms with van der Waals surface area (Å²) in [5, 5.41) is 2.57. The lowest BCUT2D eigenvalue weighted by Gasteiger charge is -2.14. The molecule has 0 radical (unpaired) electrons. The number of para-hydroxylation sites is 1. The molecule has 0 aliphatic carbocycles. The normalized spacial score (nSPS) is 11.4. The van der Waals surface area contributed by atoms with Gasteiger partial charge in [0.1, 0.15) is 23.0 Å². The molecule has 3 aromatic carbocycles. The lowest BCUT2D eigenvalue weighted by molar-refractivity contribution is -0.116. The van der Waals surface area contributed by atoms with Gasteiger partial charge in [0.15, 0.2) is 0 Å². The van der Waals surface area contributed by atoms with Crippen LogP contribution < -0.4 is 15.5 Å². The minimum atomic E-state index is -4.27. The van der Waals surface area contributed by atoms with Crippen molar-refractivity contribution in [2.75, 3.05) is 11.9 Å². The van der Waals surface area contributed by atoms with Crippen LogP contribution in [0.1, 0.15) is 6.92 Å². The van der Waals surface area contributed by atoms with Crippen molar-refractivity contribution in [2.24, 2.45) is 0 Å². The highest BCUT2D eigenvalue weighted by molar-refractivity contribution is 7.91. The summed E-state index contributed by atoms with van der Waals surface area (Å²) in [5.41, 5.74) is -0.0468. The Morgan fingerprint density at radius 1 is 1.03 bits per heavy atom. The number of benzene rings is 3. The van der Waals surface area contributed by atoms with Gasteiger partial charge in [0.05, 0.1) is 17.0 Å². The number of pyridine rings is 1. The number of nitrogens with zero attached hydrogens (tertiary/aromatic N) is 1. The van der Waals surface area contributed by atoms with E-state index >= 15 is 0 Å². The Bertz CT molecular complexity index is 1520. The summed E-state index contributed by atoms with van der Waals surface area (Å²) in [4.78, 5) is 25.1. The van der Waals surface area contributed by atoms with Crippen LogP contribution in [-0.4, -0.2) is 25.5 Å². The van der Waals surface area contributed by atoms with Gasteiger partial charge in [0, 0.05) is 17.3 Å². The fraction of sp³-hybridized carbons (Fsp3) is 0.120. The Kier molecular flexibility index (Phi) is 6.47. The fourth-order valence-electron chi connectivity index (χ4n) is 3.55. The Balaban J connectivity index is 1.80. The van der Waals surface area contributed by atoms with Crippen molar-refractivity contribution in [3.8, 4) is 5.75 Å². The zero-order chi connectivity index (χ0) is 24.3. The number of carbonyl (C=O) groups is 1. The summed E-state index contributed by atoms with van der Waals surface area (Å²) in [7, 11) is -4.27. The van der Waals surface area contributed by atoms with Gasteiger partial charge in [-0.05, 0) is 61.5 Å². The van der Waals surface area contributed by atoms with Crippen LogP contribution >= 0.6 is 0 Å². The first kappa shape index (κ1) is 23.2. The summed E-state index contributed by atoms with van der Waals surface area (Å²) in [6.45, 7) is 1.93. The summed E-state index contributed by atoms with van der Waals surface area (Å²) < 4.78 is 47.3. The largest absolute Gasteiger partial charge is 0.494 e. The van der Waals surface area contributed by atoms with E-state index in [1.807, 2.05) is 0 Å². The molecule has 174 valence electrons. The third-order valence-corrected chi connectivity index (χ3v) is 6.88. The van der Waals surface area contributed by atoms with Crippen LogP contribution in [0.3, 0.4) is 0 Å². The highest BCUT2D eigenvalue weighted by atomic mass is 32.2. The van der Waals surface area contributed by atoms with Gasteiger partial charge in [-0.2, -0.15) is 0 Å². The number of sulfone groups is 1. The molecule has 1 amide bonds. The number of anilines is 1. The second-order valence-corrected chi connectivity index (χ2v) is 9.35. The monoisotopic (exact) mass is 480 g/mol. The van der Waals surface area contributed by atoms with Crippen molar-refractivity contribution in [1.82, 2.24) is 4.57 Å². The second kappa shape index (κ2) is 9.48. The molecule has 34 heavy (non-hydrogen) atoms. The lowest BCUT2D eigenvalue weighted by atomic mass is 10.2. The average molecular weight is 481 g/mol. The quantitative estimate of drug-likeness (QED) is 0.431. The van der Waals surface area contributed by atoms with Crippen molar-refractivity contribution in [3.05, 3.63) is 95.0 Å². The molecule has 0 aliphatic heterocycles. The first-order valence-corrected chi connectivity index (χ1v) is 11.9. The van der Waals surface area contributed by atoms with E-state index in [9.17, 15) is 22.4 Å². The maximum Gasteiger partial charge on any atom is 0.244 e. The zero-order valence-electron chi connectivity index (χ0n) is 18.2. The predicted molar refractivity (Wildman–Crippen MR) is 126 cm³/mol. The number of hydrogen-bond donors (Lipinski definition) is 1.